The summed E-state index contributed by atoms with van der Waals surface area (Å²) in [5.41, 5.74) is 1.10. The summed E-state index contributed by atoms with van der Waals surface area (Å²) in [6.07, 6.45) is 0. The zero-order valence-corrected chi connectivity index (χ0v) is 15.7. The van der Waals surface area contributed by atoms with Gasteiger partial charge < -0.3 is 14.8 Å². The van der Waals surface area contributed by atoms with Gasteiger partial charge in [0.1, 0.15) is 0 Å². The Bertz CT molecular complexity index is 881. The van der Waals surface area contributed by atoms with Crippen LogP contribution in [0, 0.1) is 0 Å². The lowest BCUT2D eigenvalue weighted by Gasteiger charge is -2.12. The van der Waals surface area contributed by atoms with E-state index in [1.165, 1.54) is 25.2 Å². The summed E-state index contributed by atoms with van der Waals surface area (Å²) in [5, 5.41) is 2.77. The Kier molecular flexibility index (Phi) is 6.59. The molecule has 0 unspecified atom stereocenters. The Labute approximate surface area is 153 Å². The molecule has 7 nitrogen and oxygen atoms in total. The molecule has 0 fully saturated rings. The van der Waals surface area contributed by atoms with Crippen molar-refractivity contribution in [1.82, 2.24) is 10.0 Å². The van der Waals surface area contributed by atoms with Crippen LogP contribution in [0.1, 0.15) is 22.8 Å². The topological polar surface area (TPSA) is 93.7 Å². The highest BCUT2D eigenvalue weighted by atomic mass is 32.2. The van der Waals surface area contributed by atoms with Crippen molar-refractivity contribution in [3.8, 4) is 11.5 Å². The summed E-state index contributed by atoms with van der Waals surface area (Å²) in [4.78, 5) is 12.4. The molecule has 0 aliphatic rings. The minimum Gasteiger partial charge on any atom is -0.493 e. The Morgan fingerprint density at radius 2 is 1.88 bits per heavy atom. The molecule has 2 rings (SSSR count). The van der Waals surface area contributed by atoms with Crippen molar-refractivity contribution >= 4 is 15.9 Å². The number of carbonyl (C=O) groups excluding carboxylic acids is 1. The summed E-state index contributed by atoms with van der Waals surface area (Å²) in [7, 11) is -0.719. The standard InChI is InChI=1S/C18H22N2O5S/c1-4-25-17-10-13(8-9-16(17)24-3)12-20-18(21)14-6-5-7-15(11-14)26(22,23)19-2/h5-11,19H,4,12H2,1-3H3,(H,20,21). The second-order valence-corrected chi connectivity index (χ2v) is 7.22. The van der Waals surface area contributed by atoms with Crippen LogP contribution in [0.2, 0.25) is 0 Å². The van der Waals surface area contributed by atoms with Gasteiger partial charge in [-0.1, -0.05) is 12.1 Å². The summed E-state index contributed by atoms with van der Waals surface area (Å²) >= 11 is 0. The molecule has 0 aromatic heterocycles. The van der Waals surface area contributed by atoms with Crippen LogP contribution in [0.3, 0.4) is 0 Å². The predicted octanol–water partition coefficient (Wildman–Crippen LogP) is 1.93. The maximum absolute atomic E-state index is 12.3. The van der Waals surface area contributed by atoms with Crippen LogP contribution in [0.15, 0.2) is 47.4 Å². The third-order valence-corrected chi connectivity index (χ3v) is 5.07. The van der Waals surface area contributed by atoms with Crippen LogP contribution in [-0.2, 0) is 16.6 Å². The maximum atomic E-state index is 12.3. The summed E-state index contributed by atoms with van der Waals surface area (Å²) in [6.45, 7) is 2.64. The van der Waals surface area contributed by atoms with Crippen LogP contribution in [-0.4, -0.2) is 35.1 Å². The van der Waals surface area contributed by atoms with Gasteiger partial charge in [-0.05, 0) is 49.9 Å². The number of carbonyl (C=O) groups is 1. The van der Waals surface area contributed by atoms with Gasteiger partial charge in [0.25, 0.3) is 5.91 Å². The highest BCUT2D eigenvalue weighted by molar-refractivity contribution is 7.89. The van der Waals surface area contributed by atoms with E-state index >= 15 is 0 Å². The number of ether oxygens (including phenoxy) is 2. The average molecular weight is 378 g/mol. The highest BCUT2D eigenvalue weighted by Gasteiger charge is 2.14. The van der Waals surface area contributed by atoms with E-state index in [0.29, 0.717) is 18.1 Å². The van der Waals surface area contributed by atoms with Gasteiger partial charge in [-0.15, -0.1) is 0 Å². The zero-order valence-electron chi connectivity index (χ0n) is 14.9. The Morgan fingerprint density at radius 1 is 1.12 bits per heavy atom. The van der Waals surface area contributed by atoms with E-state index in [4.69, 9.17) is 9.47 Å². The van der Waals surface area contributed by atoms with Gasteiger partial charge in [0, 0.05) is 12.1 Å². The fourth-order valence-corrected chi connectivity index (χ4v) is 3.08. The van der Waals surface area contributed by atoms with Gasteiger partial charge in [-0.25, -0.2) is 13.1 Å². The van der Waals surface area contributed by atoms with Crippen molar-refractivity contribution in [2.24, 2.45) is 0 Å². The number of sulfonamides is 1. The van der Waals surface area contributed by atoms with Gasteiger partial charge in [-0.3, -0.25) is 4.79 Å². The van der Waals surface area contributed by atoms with Crippen molar-refractivity contribution in [2.75, 3.05) is 20.8 Å². The smallest absolute Gasteiger partial charge is 0.251 e. The van der Waals surface area contributed by atoms with Gasteiger partial charge in [0.05, 0.1) is 18.6 Å². The van der Waals surface area contributed by atoms with Crippen molar-refractivity contribution in [3.05, 3.63) is 53.6 Å². The van der Waals surface area contributed by atoms with Crippen molar-refractivity contribution in [2.45, 2.75) is 18.4 Å². The normalized spacial score (nSPS) is 11.0. The number of benzene rings is 2. The van der Waals surface area contributed by atoms with Crippen LogP contribution in [0.25, 0.3) is 0 Å². The number of rotatable bonds is 8. The van der Waals surface area contributed by atoms with Gasteiger partial charge in [-0.2, -0.15) is 0 Å². The number of nitrogens with one attached hydrogen (secondary N) is 2. The molecule has 1 amide bonds. The lowest BCUT2D eigenvalue weighted by Crippen LogP contribution is -2.24. The van der Waals surface area contributed by atoms with Crippen LogP contribution >= 0.6 is 0 Å². The minimum absolute atomic E-state index is 0.0377. The summed E-state index contributed by atoms with van der Waals surface area (Å²) < 4.78 is 36.7. The molecule has 26 heavy (non-hydrogen) atoms. The largest absolute Gasteiger partial charge is 0.493 e. The molecular formula is C18H22N2O5S. The van der Waals surface area contributed by atoms with Crippen LogP contribution in [0.4, 0.5) is 0 Å². The molecule has 0 saturated heterocycles. The molecule has 0 radical (unpaired) electrons. The fraction of sp³-hybridized carbons (Fsp3) is 0.278. The van der Waals surface area contributed by atoms with E-state index in [1.54, 1.807) is 25.3 Å². The molecule has 0 spiro atoms. The van der Waals surface area contributed by atoms with E-state index in [1.807, 2.05) is 13.0 Å². The van der Waals surface area contributed by atoms with Crippen molar-refractivity contribution in [1.29, 1.82) is 0 Å². The number of hydrogen-bond donors (Lipinski definition) is 2. The third-order valence-electron chi connectivity index (χ3n) is 3.66. The van der Waals surface area contributed by atoms with Crippen molar-refractivity contribution in [3.63, 3.8) is 0 Å². The molecular weight excluding hydrogens is 356 g/mol. The van der Waals surface area contributed by atoms with Crippen molar-refractivity contribution < 1.29 is 22.7 Å². The molecule has 0 saturated carbocycles. The number of hydrogen-bond acceptors (Lipinski definition) is 5. The molecule has 0 aliphatic heterocycles. The molecule has 2 aromatic carbocycles. The molecule has 0 atom stereocenters. The van der Waals surface area contributed by atoms with Gasteiger partial charge >= 0.3 is 0 Å². The zero-order chi connectivity index (χ0) is 19.2. The molecule has 0 aliphatic carbocycles. The monoisotopic (exact) mass is 378 g/mol. The first-order valence-corrected chi connectivity index (χ1v) is 9.51. The maximum Gasteiger partial charge on any atom is 0.251 e. The van der Waals surface area contributed by atoms with Crippen LogP contribution < -0.4 is 19.5 Å². The molecule has 2 aromatic rings. The van der Waals surface area contributed by atoms with E-state index in [9.17, 15) is 13.2 Å². The quantitative estimate of drug-likeness (QED) is 0.732. The fourth-order valence-electron chi connectivity index (χ4n) is 2.31. The number of methoxy groups -OCH3 is 1. The second-order valence-electron chi connectivity index (χ2n) is 5.34. The Hall–Kier alpha value is -2.58. The van der Waals surface area contributed by atoms with Crippen LogP contribution in [0.5, 0.6) is 11.5 Å². The average Bonchev–Trinajstić information content (AvgIpc) is 2.66. The SMILES string of the molecule is CCOc1cc(CNC(=O)c2cccc(S(=O)(=O)NC)c2)ccc1OC. The number of amides is 1. The molecule has 8 heteroatoms. The first-order chi connectivity index (χ1) is 12.4. The van der Waals surface area contributed by atoms with Gasteiger partial charge in [0.15, 0.2) is 11.5 Å². The first-order valence-electron chi connectivity index (χ1n) is 8.02. The minimum atomic E-state index is -3.60. The molecule has 0 heterocycles. The predicted molar refractivity (Wildman–Crippen MR) is 98.0 cm³/mol. The van der Waals surface area contributed by atoms with E-state index in [-0.39, 0.29) is 22.9 Å². The Balaban J connectivity index is 2.12. The lowest BCUT2D eigenvalue weighted by atomic mass is 10.1. The summed E-state index contributed by atoms with van der Waals surface area (Å²) in [5.74, 6) is 0.850. The second kappa shape index (κ2) is 8.68. The molecule has 0 bridgehead atoms. The molecule has 2 N–H and O–H groups in total. The first kappa shape index (κ1) is 19.7. The molecule has 140 valence electrons. The lowest BCUT2D eigenvalue weighted by molar-refractivity contribution is 0.0950. The van der Waals surface area contributed by atoms with E-state index in [2.05, 4.69) is 10.0 Å². The Morgan fingerprint density at radius 3 is 2.54 bits per heavy atom. The van der Waals surface area contributed by atoms with E-state index < -0.39 is 10.0 Å². The van der Waals surface area contributed by atoms with E-state index in [0.717, 1.165) is 5.56 Å². The summed E-state index contributed by atoms with van der Waals surface area (Å²) in [6, 6.07) is 11.2. The highest BCUT2D eigenvalue weighted by Crippen LogP contribution is 2.28. The van der Waals surface area contributed by atoms with Gasteiger partial charge in [0.2, 0.25) is 10.0 Å². The third kappa shape index (κ3) is 4.74.